The lowest BCUT2D eigenvalue weighted by molar-refractivity contribution is 0.188. The van der Waals surface area contributed by atoms with Gasteiger partial charge in [0.1, 0.15) is 0 Å². The van der Waals surface area contributed by atoms with E-state index in [-0.39, 0.29) is 5.92 Å². The number of hydrogen-bond donors (Lipinski definition) is 0. The first-order valence-electron chi connectivity index (χ1n) is 10.1. The zero-order valence-corrected chi connectivity index (χ0v) is 16.5. The van der Waals surface area contributed by atoms with Crippen molar-refractivity contribution in [1.82, 2.24) is 4.90 Å². The second-order valence-corrected chi connectivity index (χ2v) is 7.98. The molecule has 0 aromatic heterocycles. The Labute approximate surface area is 166 Å². The van der Waals surface area contributed by atoms with Gasteiger partial charge in [0, 0.05) is 6.54 Å². The van der Waals surface area contributed by atoms with Crippen molar-refractivity contribution in [2.24, 2.45) is 5.92 Å². The van der Waals surface area contributed by atoms with E-state index in [1.807, 2.05) is 6.07 Å². The van der Waals surface area contributed by atoms with Crippen LogP contribution in [0.15, 0.2) is 48.5 Å². The van der Waals surface area contributed by atoms with Crippen molar-refractivity contribution in [1.29, 1.82) is 5.26 Å². The quantitative estimate of drug-likeness (QED) is 0.574. The minimum Gasteiger partial charge on any atom is -0.306 e. The van der Waals surface area contributed by atoms with Gasteiger partial charge in [-0.25, -0.2) is 8.78 Å². The van der Waals surface area contributed by atoms with Crippen molar-refractivity contribution in [2.75, 3.05) is 20.1 Å². The maximum absolute atomic E-state index is 13.9. The summed E-state index contributed by atoms with van der Waals surface area (Å²) in [6, 6.07) is 16.9. The van der Waals surface area contributed by atoms with Gasteiger partial charge in [0.15, 0.2) is 11.6 Å². The Bertz CT molecular complexity index is 811. The van der Waals surface area contributed by atoms with Crippen LogP contribution in [-0.4, -0.2) is 25.0 Å². The first-order chi connectivity index (χ1) is 13.5. The molecule has 0 radical (unpaired) electrons. The molecule has 0 bridgehead atoms. The van der Waals surface area contributed by atoms with Crippen LogP contribution in [0.5, 0.6) is 0 Å². The Morgan fingerprint density at radius 2 is 1.82 bits per heavy atom. The summed E-state index contributed by atoms with van der Waals surface area (Å²) >= 11 is 0. The molecule has 1 unspecified atom stereocenters. The number of likely N-dealkylation sites (N-methyl/N-ethyl adjacent to an activating group) is 1. The first kappa shape index (κ1) is 20.5. The Hall–Kier alpha value is -2.25. The fourth-order valence-electron chi connectivity index (χ4n) is 4.17. The van der Waals surface area contributed by atoms with Gasteiger partial charge < -0.3 is 4.90 Å². The van der Waals surface area contributed by atoms with Gasteiger partial charge >= 0.3 is 0 Å². The summed E-state index contributed by atoms with van der Waals surface area (Å²) in [5.74, 6) is -1.49. The van der Waals surface area contributed by atoms with Crippen LogP contribution in [0.25, 0.3) is 0 Å². The standard InChI is InChI=1S/C24H28F2N2/c1-28(16-13-19-7-3-2-4-8-19)15-6-14-24(18-27,20-9-5-10-20)21-11-12-22(25)23(26)17-21/h2-4,7-8,11-12,17,20H,5-6,9-10,13-16H2,1H3. The molecule has 2 nitrogen and oxygen atoms in total. The summed E-state index contributed by atoms with van der Waals surface area (Å²) in [6.45, 7) is 1.84. The van der Waals surface area contributed by atoms with E-state index in [9.17, 15) is 14.0 Å². The first-order valence-corrected chi connectivity index (χ1v) is 10.1. The summed E-state index contributed by atoms with van der Waals surface area (Å²) in [7, 11) is 2.10. The molecule has 0 aliphatic heterocycles. The predicted molar refractivity (Wildman–Crippen MR) is 108 cm³/mol. The lowest BCUT2D eigenvalue weighted by Crippen LogP contribution is -2.39. The maximum atomic E-state index is 13.9. The van der Waals surface area contributed by atoms with Crippen LogP contribution in [0.2, 0.25) is 0 Å². The molecule has 2 aromatic rings. The lowest BCUT2D eigenvalue weighted by atomic mass is 9.61. The maximum Gasteiger partial charge on any atom is 0.159 e. The average molecular weight is 382 g/mol. The van der Waals surface area contributed by atoms with Crippen molar-refractivity contribution < 1.29 is 8.78 Å². The molecule has 148 valence electrons. The highest BCUT2D eigenvalue weighted by Crippen LogP contribution is 2.47. The van der Waals surface area contributed by atoms with Crippen LogP contribution >= 0.6 is 0 Å². The zero-order valence-electron chi connectivity index (χ0n) is 16.5. The topological polar surface area (TPSA) is 27.0 Å². The summed E-state index contributed by atoms with van der Waals surface area (Å²) in [6.07, 6.45) is 5.59. The molecule has 1 aliphatic rings. The number of rotatable bonds is 9. The smallest absolute Gasteiger partial charge is 0.159 e. The SMILES string of the molecule is CN(CCCC(C#N)(c1ccc(F)c(F)c1)C1CCC1)CCc1ccccc1. The van der Waals surface area contributed by atoms with Gasteiger partial charge in [-0.15, -0.1) is 0 Å². The summed E-state index contributed by atoms with van der Waals surface area (Å²) in [5.41, 5.74) is 1.23. The Kier molecular flexibility index (Phi) is 6.80. The monoisotopic (exact) mass is 382 g/mol. The molecule has 3 rings (SSSR count). The van der Waals surface area contributed by atoms with Gasteiger partial charge in [0.25, 0.3) is 0 Å². The molecular formula is C24H28F2N2. The molecule has 1 fully saturated rings. The zero-order chi connectivity index (χ0) is 20.0. The molecule has 28 heavy (non-hydrogen) atoms. The van der Waals surface area contributed by atoms with E-state index in [1.54, 1.807) is 6.07 Å². The highest BCUT2D eigenvalue weighted by Gasteiger charge is 2.43. The molecule has 0 amide bonds. The summed E-state index contributed by atoms with van der Waals surface area (Å²) < 4.78 is 27.3. The molecule has 2 aromatic carbocycles. The molecule has 0 heterocycles. The number of benzene rings is 2. The predicted octanol–water partition coefficient (Wildman–Crippen LogP) is 5.48. The second kappa shape index (κ2) is 9.30. The minimum atomic E-state index is -0.864. The fraction of sp³-hybridized carbons (Fsp3) is 0.458. The van der Waals surface area contributed by atoms with E-state index in [4.69, 9.17) is 0 Å². The molecular weight excluding hydrogens is 354 g/mol. The van der Waals surface area contributed by atoms with E-state index in [1.165, 1.54) is 11.6 Å². The molecule has 4 heteroatoms. The van der Waals surface area contributed by atoms with Crippen molar-refractivity contribution in [3.63, 3.8) is 0 Å². The molecule has 1 atom stereocenters. The van der Waals surface area contributed by atoms with Crippen LogP contribution in [0.3, 0.4) is 0 Å². The second-order valence-electron chi connectivity index (χ2n) is 7.98. The van der Waals surface area contributed by atoms with Gasteiger partial charge in [-0.05, 0) is 74.9 Å². The highest BCUT2D eigenvalue weighted by molar-refractivity contribution is 5.35. The number of nitrogens with zero attached hydrogens (tertiary/aromatic N) is 2. The van der Waals surface area contributed by atoms with Crippen molar-refractivity contribution in [3.05, 3.63) is 71.3 Å². The van der Waals surface area contributed by atoms with Gasteiger partial charge in [-0.3, -0.25) is 0 Å². The average Bonchev–Trinajstić information content (AvgIpc) is 2.67. The number of hydrogen-bond acceptors (Lipinski definition) is 2. The Balaban J connectivity index is 1.62. The molecule has 0 saturated heterocycles. The number of nitriles is 1. The van der Waals surface area contributed by atoms with Crippen LogP contribution in [0, 0.1) is 28.9 Å². The molecule has 1 saturated carbocycles. The van der Waals surface area contributed by atoms with Crippen molar-refractivity contribution in [3.8, 4) is 6.07 Å². The largest absolute Gasteiger partial charge is 0.306 e. The van der Waals surface area contributed by atoms with E-state index >= 15 is 0 Å². The van der Waals surface area contributed by atoms with Crippen LogP contribution in [0.4, 0.5) is 8.78 Å². The fourth-order valence-corrected chi connectivity index (χ4v) is 4.17. The Morgan fingerprint density at radius 1 is 1.07 bits per heavy atom. The molecule has 1 aliphatic carbocycles. The van der Waals surface area contributed by atoms with Gasteiger partial charge in [0.05, 0.1) is 11.5 Å². The van der Waals surface area contributed by atoms with Crippen LogP contribution in [0.1, 0.15) is 43.2 Å². The summed E-state index contributed by atoms with van der Waals surface area (Å²) in [4.78, 5) is 2.28. The third-order valence-corrected chi connectivity index (χ3v) is 6.17. The van der Waals surface area contributed by atoms with E-state index in [0.29, 0.717) is 12.0 Å². The number of halogens is 2. The van der Waals surface area contributed by atoms with Crippen LogP contribution in [-0.2, 0) is 11.8 Å². The van der Waals surface area contributed by atoms with Gasteiger partial charge in [0.2, 0.25) is 0 Å². The molecule has 0 spiro atoms. The van der Waals surface area contributed by atoms with E-state index < -0.39 is 17.0 Å². The Morgan fingerprint density at radius 3 is 2.43 bits per heavy atom. The van der Waals surface area contributed by atoms with Crippen molar-refractivity contribution >= 4 is 0 Å². The lowest BCUT2D eigenvalue weighted by Gasteiger charge is -2.41. The van der Waals surface area contributed by atoms with Gasteiger partial charge in [-0.1, -0.05) is 42.8 Å². The highest BCUT2D eigenvalue weighted by atomic mass is 19.2. The van der Waals surface area contributed by atoms with Crippen LogP contribution < -0.4 is 0 Å². The normalized spacial score (nSPS) is 16.4. The van der Waals surface area contributed by atoms with E-state index in [0.717, 1.165) is 51.3 Å². The van der Waals surface area contributed by atoms with Crippen molar-refractivity contribution in [2.45, 2.75) is 43.9 Å². The van der Waals surface area contributed by atoms with Gasteiger partial charge in [-0.2, -0.15) is 5.26 Å². The van der Waals surface area contributed by atoms with E-state index in [2.05, 4.69) is 42.3 Å². The molecule has 0 N–H and O–H groups in total. The third-order valence-electron chi connectivity index (χ3n) is 6.17. The minimum absolute atomic E-state index is 0.233. The summed E-state index contributed by atoms with van der Waals surface area (Å²) in [5, 5.41) is 10.1. The third kappa shape index (κ3) is 4.59.